The lowest BCUT2D eigenvalue weighted by Crippen LogP contribution is -2.39. The van der Waals surface area contributed by atoms with Crippen LogP contribution in [0.5, 0.6) is 5.75 Å². The second-order valence-corrected chi connectivity index (χ2v) is 7.10. The van der Waals surface area contributed by atoms with Crippen molar-refractivity contribution in [2.24, 2.45) is 0 Å². The fourth-order valence-electron chi connectivity index (χ4n) is 2.21. The van der Waals surface area contributed by atoms with E-state index in [9.17, 15) is 8.42 Å². The van der Waals surface area contributed by atoms with Crippen molar-refractivity contribution < 1.29 is 13.2 Å². The predicted molar refractivity (Wildman–Crippen MR) is 95.2 cm³/mol. The lowest BCUT2D eigenvalue weighted by Gasteiger charge is -2.19. The number of hydrogen-bond donors (Lipinski definition) is 2. The van der Waals surface area contributed by atoms with Gasteiger partial charge in [-0.3, -0.25) is 0 Å². The first-order chi connectivity index (χ1) is 11.5. The molecule has 2 rings (SSSR count). The number of nitrogens with one attached hydrogen (secondary N) is 2. The Labute approximate surface area is 143 Å². The van der Waals surface area contributed by atoms with Gasteiger partial charge in [0.15, 0.2) is 0 Å². The molecule has 2 aromatic carbocycles. The summed E-state index contributed by atoms with van der Waals surface area (Å²) in [4.78, 5) is 2.67. The van der Waals surface area contributed by atoms with E-state index in [0.717, 1.165) is 16.9 Å². The van der Waals surface area contributed by atoms with Crippen molar-refractivity contribution in [3.63, 3.8) is 0 Å². The number of hydrazine groups is 1. The first kappa shape index (κ1) is 18.2. The number of rotatable bonds is 8. The first-order valence-corrected chi connectivity index (χ1v) is 9.03. The Morgan fingerprint density at radius 2 is 1.75 bits per heavy atom. The number of sulfonamides is 1. The molecule has 0 unspecified atom stereocenters. The van der Waals surface area contributed by atoms with Crippen molar-refractivity contribution in [3.8, 4) is 5.75 Å². The van der Waals surface area contributed by atoms with Crippen molar-refractivity contribution in [3.05, 3.63) is 72.3 Å². The maximum absolute atomic E-state index is 12.4. The van der Waals surface area contributed by atoms with E-state index < -0.39 is 10.0 Å². The van der Waals surface area contributed by atoms with Gasteiger partial charge in [0.05, 0.1) is 18.0 Å². The maximum Gasteiger partial charge on any atom is 0.253 e. The molecule has 0 bridgehead atoms. The molecule has 0 aliphatic rings. The van der Waals surface area contributed by atoms with Gasteiger partial charge in [-0.1, -0.05) is 35.9 Å². The number of benzene rings is 2. The molecule has 0 amide bonds. The van der Waals surface area contributed by atoms with E-state index in [4.69, 9.17) is 4.74 Å². The predicted octanol–water partition coefficient (Wildman–Crippen LogP) is 3.10. The maximum atomic E-state index is 12.4. The topological polar surface area (TPSA) is 67.4 Å². The highest BCUT2D eigenvalue weighted by Gasteiger charge is 2.17. The minimum Gasteiger partial charge on any atom is -0.497 e. The van der Waals surface area contributed by atoms with Crippen molar-refractivity contribution in [1.82, 2.24) is 10.3 Å². The summed E-state index contributed by atoms with van der Waals surface area (Å²) in [5, 5.41) is 0. The van der Waals surface area contributed by atoms with Crippen molar-refractivity contribution in [2.45, 2.75) is 24.3 Å². The Morgan fingerprint density at radius 1 is 1.12 bits per heavy atom. The monoisotopic (exact) mass is 346 g/mol. The lowest BCUT2D eigenvalue weighted by atomic mass is 10.0. The van der Waals surface area contributed by atoms with Gasteiger partial charge in [0.25, 0.3) is 10.0 Å². The van der Waals surface area contributed by atoms with Crippen molar-refractivity contribution in [1.29, 1.82) is 0 Å². The minimum absolute atomic E-state index is 0.215. The summed E-state index contributed by atoms with van der Waals surface area (Å²) >= 11 is 0. The van der Waals surface area contributed by atoms with Gasteiger partial charge in [-0.05, 0) is 43.2 Å². The molecule has 0 radical (unpaired) electrons. The van der Waals surface area contributed by atoms with Crippen molar-refractivity contribution >= 4 is 10.0 Å². The zero-order valence-electron chi connectivity index (χ0n) is 13.8. The molecule has 24 heavy (non-hydrogen) atoms. The average Bonchev–Trinajstić information content (AvgIpc) is 2.59. The van der Waals surface area contributed by atoms with E-state index >= 15 is 0 Å². The smallest absolute Gasteiger partial charge is 0.253 e. The van der Waals surface area contributed by atoms with Crippen LogP contribution < -0.4 is 15.0 Å². The average molecular weight is 346 g/mol. The standard InChI is InChI=1S/C18H22N2O3S/c1-4-5-18(15-8-10-16(23-3)11-9-15)19-20-24(21,22)17-12-6-14(2)7-13-17/h4,6-13,18-20H,1,5H2,2-3H3/t18-/m1/s1. The zero-order valence-corrected chi connectivity index (χ0v) is 14.6. The molecule has 0 aromatic heterocycles. The third-order valence-electron chi connectivity index (χ3n) is 3.62. The van der Waals surface area contributed by atoms with Crippen LogP contribution in [0.25, 0.3) is 0 Å². The summed E-state index contributed by atoms with van der Waals surface area (Å²) in [6.07, 6.45) is 2.31. The van der Waals surface area contributed by atoms with Crippen LogP contribution in [0.1, 0.15) is 23.6 Å². The number of methoxy groups -OCH3 is 1. The van der Waals surface area contributed by atoms with Gasteiger partial charge in [-0.2, -0.15) is 0 Å². The molecule has 2 aromatic rings. The quantitative estimate of drug-likeness (QED) is 0.569. The SMILES string of the molecule is C=CC[C@@H](NNS(=O)(=O)c1ccc(C)cc1)c1ccc(OC)cc1. The van der Waals surface area contributed by atoms with E-state index in [1.807, 2.05) is 31.2 Å². The van der Waals surface area contributed by atoms with Gasteiger partial charge in [0.2, 0.25) is 0 Å². The second kappa shape index (κ2) is 8.10. The van der Waals surface area contributed by atoms with Crippen LogP contribution in [0, 0.1) is 6.92 Å². The Morgan fingerprint density at radius 3 is 2.29 bits per heavy atom. The molecule has 0 heterocycles. The Bertz CT molecular complexity index is 769. The van der Waals surface area contributed by atoms with E-state index in [1.165, 1.54) is 0 Å². The zero-order chi connectivity index (χ0) is 17.6. The molecule has 0 aliphatic carbocycles. The molecule has 128 valence electrons. The normalized spacial score (nSPS) is 12.6. The summed E-state index contributed by atoms with van der Waals surface area (Å²) in [7, 11) is -2.03. The van der Waals surface area contributed by atoms with E-state index in [-0.39, 0.29) is 10.9 Å². The molecule has 0 fully saturated rings. The summed E-state index contributed by atoms with van der Waals surface area (Å²) in [5.74, 6) is 0.747. The summed E-state index contributed by atoms with van der Waals surface area (Å²) in [5.41, 5.74) is 4.81. The molecule has 5 nitrogen and oxygen atoms in total. The van der Waals surface area contributed by atoms with Gasteiger partial charge in [0, 0.05) is 0 Å². The highest BCUT2D eigenvalue weighted by Crippen LogP contribution is 2.20. The van der Waals surface area contributed by atoms with Crippen LogP contribution in [0.3, 0.4) is 0 Å². The third kappa shape index (κ3) is 4.67. The van der Waals surface area contributed by atoms with Gasteiger partial charge in [-0.25, -0.2) is 13.8 Å². The molecular formula is C18H22N2O3S. The fourth-order valence-corrected chi connectivity index (χ4v) is 3.12. The van der Waals surface area contributed by atoms with Crippen molar-refractivity contribution in [2.75, 3.05) is 7.11 Å². The minimum atomic E-state index is -3.63. The molecule has 0 aliphatic heterocycles. The van der Waals surface area contributed by atoms with E-state index in [2.05, 4.69) is 16.8 Å². The highest BCUT2D eigenvalue weighted by atomic mass is 32.2. The second-order valence-electron chi connectivity index (χ2n) is 5.41. The van der Waals surface area contributed by atoms with Crippen LogP contribution in [-0.4, -0.2) is 15.5 Å². The van der Waals surface area contributed by atoms with Gasteiger partial charge >= 0.3 is 0 Å². The number of ether oxygens (including phenoxy) is 1. The molecular weight excluding hydrogens is 324 g/mol. The van der Waals surface area contributed by atoms with Crippen LogP contribution in [-0.2, 0) is 10.0 Å². The fraction of sp³-hybridized carbons (Fsp3) is 0.222. The molecule has 0 saturated carbocycles. The molecule has 1 atom stereocenters. The molecule has 0 spiro atoms. The third-order valence-corrected chi connectivity index (χ3v) is 4.90. The Hall–Kier alpha value is -2.15. The largest absolute Gasteiger partial charge is 0.497 e. The number of hydrogen-bond acceptors (Lipinski definition) is 4. The van der Waals surface area contributed by atoms with Gasteiger partial charge in [-0.15, -0.1) is 11.4 Å². The van der Waals surface area contributed by atoms with Crippen LogP contribution >= 0.6 is 0 Å². The number of aryl methyl sites for hydroxylation is 1. The lowest BCUT2D eigenvalue weighted by molar-refractivity contribution is 0.414. The molecule has 6 heteroatoms. The van der Waals surface area contributed by atoms with Crippen LogP contribution in [0.4, 0.5) is 0 Å². The van der Waals surface area contributed by atoms with Crippen LogP contribution in [0.2, 0.25) is 0 Å². The van der Waals surface area contributed by atoms with Gasteiger partial charge in [0.1, 0.15) is 5.75 Å². The van der Waals surface area contributed by atoms with Gasteiger partial charge < -0.3 is 4.74 Å². The van der Waals surface area contributed by atoms with E-state index in [0.29, 0.717) is 6.42 Å². The first-order valence-electron chi connectivity index (χ1n) is 7.55. The summed E-state index contributed by atoms with van der Waals surface area (Å²) in [6, 6.07) is 13.9. The Balaban J connectivity index is 2.12. The highest BCUT2D eigenvalue weighted by molar-refractivity contribution is 7.89. The summed E-state index contributed by atoms with van der Waals surface area (Å²) in [6.45, 7) is 5.64. The summed E-state index contributed by atoms with van der Waals surface area (Å²) < 4.78 is 29.9. The van der Waals surface area contributed by atoms with Crippen LogP contribution in [0.15, 0.2) is 66.1 Å². The molecule has 0 saturated heterocycles. The molecule has 2 N–H and O–H groups in total. The Kier molecular flexibility index (Phi) is 6.14. The van der Waals surface area contributed by atoms with E-state index in [1.54, 1.807) is 37.5 Å².